The molecule has 166 valence electrons. The van der Waals surface area contributed by atoms with E-state index in [0.29, 0.717) is 23.5 Å². The Morgan fingerprint density at radius 1 is 1.00 bits per heavy atom. The van der Waals surface area contributed by atoms with Crippen molar-refractivity contribution >= 4 is 32.7 Å². The first-order valence-electron chi connectivity index (χ1n) is 9.99. The summed E-state index contributed by atoms with van der Waals surface area (Å²) in [6, 6.07) is 16.5. The van der Waals surface area contributed by atoms with E-state index in [1.807, 2.05) is 19.1 Å². The SMILES string of the molecule is CCn1c(=O)n(CC(=O)Nc2cccc(S(=O)(=O)NCc3ccco3)c2)c2ccccc21. The Morgan fingerprint density at radius 2 is 1.75 bits per heavy atom. The maximum atomic E-state index is 12.7. The van der Waals surface area contributed by atoms with Crippen LogP contribution in [0.2, 0.25) is 0 Å². The molecule has 0 aliphatic carbocycles. The van der Waals surface area contributed by atoms with E-state index in [-0.39, 0.29) is 23.7 Å². The van der Waals surface area contributed by atoms with E-state index in [0.717, 1.165) is 5.52 Å². The van der Waals surface area contributed by atoms with E-state index in [2.05, 4.69) is 10.0 Å². The fourth-order valence-corrected chi connectivity index (χ4v) is 4.52. The number of carbonyl (C=O) groups is 1. The Bertz CT molecular complexity index is 1420. The molecule has 2 aromatic carbocycles. The summed E-state index contributed by atoms with van der Waals surface area (Å²) in [6.45, 7) is 2.17. The lowest BCUT2D eigenvalue weighted by Gasteiger charge is -2.09. The summed E-state index contributed by atoms with van der Waals surface area (Å²) in [7, 11) is -3.81. The molecule has 0 aliphatic heterocycles. The summed E-state index contributed by atoms with van der Waals surface area (Å²) in [5.41, 5.74) is 1.45. The third kappa shape index (κ3) is 4.36. The van der Waals surface area contributed by atoms with E-state index in [9.17, 15) is 18.0 Å². The van der Waals surface area contributed by atoms with Crippen LogP contribution in [-0.2, 0) is 34.5 Å². The second kappa shape index (κ2) is 8.85. The number of anilines is 1. The topological polar surface area (TPSA) is 115 Å². The quantitative estimate of drug-likeness (QED) is 0.425. The fraction of sp³-hybridized carbons (Fsp3) is 0.182. The highest BCUT2D eigenvalue weighted by atomic mass is 32.2. The number of furan rings is 1. The summed E-state index contributed by atoms with van der Waals surface area (Å²) >= 11 is 0. The number of aromatic nitrogens is 2. The number of para-hydroxylation sites is 2. The number of nitrogens with zero attached hydrogens (tertiary/aromatic N) is 2. The van der Waals surface area contributed by atoms with Gasteiger partial charge in [0.2, 0.25) is 15.9 Å². The molecule has 2 aromatic heterocycles. The van der Waals surface area contributed by atoms with Crippen molar-refractivity contribution in [2.24, 2.45) is 0 Å². The molecule has 9 nitrogen and oxygen atoms in total. The molecule has 0 bridgehead atoms. The number of benzene rings is 2. The van der Waals surface area contributed by atoms with Gasteiger partial charge >= 0.3 is 5.69 Å². The molecule has 1 amide bonds. The van der Waals surface area contributed by atoms with Gasteiger partial charge in [-0.05, 0) is 49.4 Å². The smallest absolute Gasteiger partial charge is 0.329 e. The first-order chi connectivity index (χ1) is 15.4. The molecule has 0 radical (unpaired) electrons. The van der Waals surface area contributed by atoms with E-state index >= 15 is 0 Å². The summed E-state index contributed by atoms with van der Waals surface area (Å²) < 4.78 is 35.7. The van der Waals surface area contributed by atoms with Crippen LogP contribution in [0.1, 0.15) is 12.7 Å². The summed E-state index contributed by atoms with van der Waals surface area (Å²) in [6.07, 6.45) is 1.46. The Balaban J connectivity index is 1.51. The highest BCUT2D eigenvalue weighted by Crippen LogP contribution is 2.17. The average molecular weight is 455 g/mol. The maximum Gasteiger partial charge on any atom is 0.329 e. The van der Waals surface area contributed by atoms with Crippen LogP contribution in [0.25, 0.3) is 11.0 Å². The zero-order valence-electron chi connectivity index (χ0n) is 17.3. The molecule has 4 aromatic rings. The predicted octanol–water partition coefficient (Wildman–Crippen LogP) is 2.53. The number of amides is 1. The fourth-order valence-electron chi connectivity index (χ4n) is 3.48. The Hall–Kier alpha value is -3.63. The summed E-state index contributed by atoms with van der Waals surface area (Å²) in [5.74, 6) is 0.0407. The van der Waals surface area contributed by atoms with Crippen LogP contribution in [0.3, 0.4) is 0 Å². The van der Waals surface area contributed by atoms with Crippen molar-refractivity contribution in [1.29, 1.82) is 0 Å². The molecule has 0 saturated carbocycles. The Kier molecular flexibility index (Phi) is 5.97. The number of rotatable bonds is 8. The number of hydrogen-bond acceptors (Lipinski definition) is 5. The van der Waals surface area contributed by atoms with Crippen molar-refractivity contribution in [3.63, 3.8) is 0 Å². The molecular formula is C22H22N4O5S. The third-order valence-corrected chi connectivity index (χ3v) is 6.39. The average Bonchev–Trinajstić information content (AvgIpc) is 3.39. The summed E-state index contributed by atoms with van der Waals surface area (Å²) in [5, 5.41) is 2.67. The van der Waals surface area contributed by atoms with Crippen LogP contribution in [0.4, 0.5) is 5.69 Å². The van der Waals surface area contributed by atoms with Crippen molar-refractivity contribution in [1.82, 2.24) is 13.9 Å². The van der Waals surface area contributed by atoms with Gasteiger partial charge in [-0.3, -0.25) is 13.9 Å². The first-order valence-corrected chi connectivity index (χ1v) is 11.5. The minimum absolute atomic E-state index is 0.00149. The molecule has 0 atom stereocenters. The van der Waals surface area contributed by atoms with Gasteiger partial charge in [-0.25, -0.2) is 17.9 Å². The molecule has 2 heterocycles. The van der Waals surface area contributed by atoms with Crippen molar-refractivity contribution in [2.75, 3.05) is 5.32 Å². The summed E-state index contributed by atoms with van der Waals surface area (Å²) in [4.78, 5) is 25.4. The first kappa shape index (κ1) is 21.6. The van der Waals surface area contributed by atoms with Crippen LogP contribution >= 0.6 is 0 Å². The molecule has 0 spiro atoms. The number of sulfonamides is 1. The van der Waals surface area contributed by atoms with Crippen LogP contribution < -0.4 is 15.7 Å². The van der Waals surface area contributed by atoms with Crippen LogP contribution in [0, 0.1) is 0 Å². The number of hydrogen-bond donors (Lipinski definition) is 2. The van der Waals surface area contributed by atoms with Gasteiger partial charge in [-0.1, -0.05) is 18.2 Å². The lowest BCUT2D eigenvalue weighted by molar-refractivity contribution is -0.116. The van der Waals surface area contributed by atoms with Gasteiger partial charge < -0.3 is 9.73 Å². The van der Waals surface area contributed by atoms with E-state index < -0.39 is 15.9 Å². The lowest BCUT2D eigenvalue weighted by Crippen LogP contribution is -2.29. The number of fused-ring (bicyclic) bond motifs is 1. The number of nitrogens with one attached hydrogen (secondary N) is 2. The second-order valence-corrected chi connectivity index (χ2v) is 8.85. The standard InChI is InChI=1S/C22H22N4O5S/c1-2-25-19-10-3-4-11-20(19)26(22(25)28)15-21(27)24-16-7-5-9-18(13-16)32(29,30)23-14-17-8-6-12-31-17/h3-13,23H,2,14-15H2,1H3,(H,24,27). The second-order valence-electron chi connectivity index (χ2n) is 7.08. The van der Waals surface area contributed by atoms with Crippen molar-refractivity contribution < 1.29 is 17.6 Å². The van der Waals surface area contributed by atoms with Gasteiger partial charge in [0, 0.05) is 12.2 Å². The van der Waals surface area contributed by atoms with Gasteiger partial charge in [0.05, 0.1) is 28.7 Å². The normalized spacial score (nSPS) is 11.7. The van der Waals surface area contributed by atoms with Crippen LogP contribution in [-0.4, -0.2) is 23.5 Å². The molecule has 0 aliphatic rings. The molecule has 10 heteroatoms. The minimum atomic E-state index is -3.81. The monoisotopic (exact) mass is 454 g/mol. The van der Waals surface area contributed by atoms with E-state index in [4.69, 9.17) is 4.42 Å². The minimum Gasteiger partial charge on any atom is -0.468 e. The number of aryl methyl sites for hydroxylation is 1. The van der Waals surface area contributed by atoms with Gasteiger partial charge in [-0.2, -0.15) is 0 Å². The molecule has 2 N–H and O–H groups in total. The van der Waals surface area contributed by atoms with Gasteiger partial charge in [-0.15, -0.1) is 0 Å². The third-order valence-electron chi connectivity index (χ3n) is 4.99. The van der Waals surface area contributed by atoms with Crippen molar-refractivity contribution in [3.05, 3.63) is 83.2 Å². The zero-order valence-corrected chi connectivity index (χ0v) is 18.1. The van der Waals surface area contributed by atoms with Crippen LogP contribution in [0.5, 0.6) is 0 Å². The van der Waals surface area contributed by atoms with Gasteiger partial charge in [0.15, 0.2) is 0 Å². The van der Waals surface area contributed by atoms with Crippen molar-refractivity contribution in [3.8, 4) is 0 Å². The molecular weight excluding hydrogens is 432 g/mol. The van der Waals surface area contributed by atoms with E-state index in [1.54, 1.807) is 34.9 Å². The molecule has 0 unspecified atom stereocenters. The lowest BCUT2D eigenvalue weighted by atomic mass is 10.3. The molecule has 32 heavy (non-hydrogen) atoms. The Morgan fingerprint density at radius 3 is 2.44 bits per heavy atom. The predicted molar refractivity (Wildman–Crippen MR) is 120 cm³/mol. The van der Waals surface area contributed by atoms with Gasteiger partial charge in [0.25, 0.3) is 0 Å². The number of imidazole rings is 1. The van der Waals surface area contributed by atoms with Crippen LogP contribution in [0.15, 0.2) is 81.0 Å². The molecule has 0 fully saturated rings. The maximum absolute atomic E-state index is 12.7. The zero-order chi connectivity index (χ0) is 22.7. The molecule has 0 saturated heterocycles. The number of carbonyl (C=O) groups excluding carboxylic acids is 1. The molecule has 4 rings (SSSR count). The highest BCUT2D eigenvalue weighted by Gasteiger charge is 2.17. The van der Waals surface area contributed by atoms with E-state index in [1.165, 1.54) is 29.0 Å². The van der Waals surface area contributed by atoms with Gasteiger partial charge in [0.1, 0.15) is 12.3 Å². The largest absolute Gasteiger partial charge is 0.468 e. The Labute approximate surface area is 184 Å². The van der Waals surface area contributed by atoms with Crippen molar-refractivity contribution in [2.45, 2.75) is 31.5 Å². The highest BCUT2D eigenvalue weighted by molar-refractivity contribution is 7.89.